The lowest BCUT2D eigenvalue weighted by Crippen LogP contribution is -2.43. The number of benzene rings is 1. The zero-order chi connectivity index (χ0) is 26.1. The average molecular weight is 501 g/mol. The van der Waals surface area contributed by atoms with Gasteiger partial charge in [0.2, 0.25) is 12.3 Å². The van der Waals surface area contributed by atoms with Crippen molar-refractivity contribution in [1.29, 1.82) is 0 Å². The van der Waals surface area contributed by atoms with Crippen LogP contribution in [0.15, 0.2) is 40.9 Å². The van der Waals surface area contributed by atoms with Crippen LogP contribution < -0.4 is 15.5 Å². The van der Waals surface area contributed by atoms with Gasteiger partial charge in [-0.25, -0.2) is 0 Å². The second-order valence-corrected chi connectivity index (χ2v) is 8.88. The molecule has 11 heteroatoms. The second-order valence-electron chi connectivity index (χ2n) is 8.88. The van der Waals surface area contributed by atoms with Gasteiger partial charge in [0.1, 0.15) is 6.29 Å². The van der Waals surface area contributed by atoms with E-state index in [2.05, 4.69) is 50.6 Å². The number of halogens is 2. The number of anilines is 1. The van der Waals surface area contributed by atoms with Crippen LogP contribution in [-0.4, -0.2) is 61.1 Å². The summed E-state index contributed by atoms with van der Waals surface area (Å²) in [6.07, 6.45) is 0.830. The minimum Gasteiger partial charge on any atom is -0.415 e. The molecule has 0 bridgehead atoms. The van der Waals surface area contributed by atoms with Crippen molar-refractivity contribution < 1.29 is 22.8 Å². The lowest BCUT2D eigenvalue weighted by Gasteiger charge is -2.32. The fourth-order valence-electron chi connectivity index (χ4n) is 4.00. The number of nitrogens with one attached hydrogen (secondary N) is 2. The smallest absolute Gasteiger partial charge is 0.314 e. The van der Waals surface area contributed by atoms with Gasteiger partial charge in [0, 0.05) is 56.4 Å². The molecule has 36 heavy (non-hydrogen) atoms. The van der Waals surface area contributed by atoms with Crippen LogP contribution in [0, 0.1) is 0 Å². The number of pyridine rings is 1. The van der Waals surface area contributed by atoms with Crippen LogP contribution >= 0.6 is 0 Å². The highest BCUT2D eigenvalue weighted by Gasteiger charge is 2.26. The lowest BCUT2D eigenvalue weighted by atomic mass is 9.78. The first-order valence-corrected chi connectivity index (χ1v) is 11.5. The molecule has 1 amide bonds. The van der Waals surface area contributed by atoms with Gasteiger partial charge in [-0.15, -0.1) is 10.2 Å². The first-order chi connectivity index (χ1) is 17.3. The van der Waals surface area contributed by atoms with E-state index in [1.807, 2.05) is 18.2 Å². The fourth-order valence-corrected chi connectivity index (χ4v) is 4.00. The molecule has 1 aliphatic heterocycles. The molecule has 0 saturated carbocycles. The van der Waals surface area contributed by atoms with Gasteiger partial charge in [-0.05, 0) is 47.7 Å². The lowest BCUT2D eigenvalue weighted by molar-refractivity contribution is -0.109. The van der Waals surface area contributed by atoms with Crippen molar-refractivity contribution in [3.8, 4) is 11.5 Å². The summed E-state index contributed by atoms with van der Waals surface area (Å²) in [4.78, 5) is 27.6. The number of amides is 1. The Bertz CT molecular complexity index is 1140. The van der Waals surface area contributed by atoms with E-state index in [-0.39, 0.29) is 11.3 Å². The average Bonchev–Trinajstić information content (AvgIpc) is 3.40. The SMILES string of the molecule is CC(C)(Cc1ccc(-c2nnc(C(F)F)o2)cn1)c1cc(N2CCNCC2)ccc1C=O.CNC=O. The monoisotopic (exact) mass is 500 g/mol. The Morgan fingerprint density at radius 1 is 1.17 bits per heavy atom. The van der Waals surface area contributed by atoms with Crippen molar-refractivity contribution in [2.45, 2.75) is 32.1 Å². The summed E-state index contributed by atoms with van der Waals surface area (Å²) < 4.78 is 30.3. The molecule has 0 aliphatic carbocycles. The van der Waals surface area contributed by atoms with Crippen LogP contribution in [0.1, 0.15) is 47.8 Å². The molecule has 0 radical (unpaired) electrons. The zero-order valence-corrected chi connectivity index (χ0v) is 20.5. The number of carbonyl (C=O) groups is 2. The van der Waals surface area contributed by atoms with Gasteiger partial charge in [0.25, 0.3) is 5.89 Å². The minimum absolute atomic E-state index is 0.00516. The molecular formula is C25H30F2N6O3. The molecule has 192 valence electrons. The van der Waals surface area contributed by atoms with Gasteiger partial charge < -0.3 is 20.0 Å². The standard InChI is InChI=1S/C23H25F2N5O2.C2H5NO/c1-23(2,19-11-18(6-4-16(19)14-31)30-9-7-26-8-10-30)12-17-5-3-15(13-27-17)21-28-29-22(32-21)20(24)25;1-3-2-4/h3-6,11,13-14,20,26H,7-10,12H2,1-2H3;2H,1H3,(H,3,4). The van der Waals surface area contributed by atoms with Gasteiger partial charge in [0.05, 0.1) is 5.56 Å². The van der Waals surface area contributed by atoms with Crippen molar-refractivity contribution in [2.75, 3.05) is 38.1 Å². The number of carbonyl (C=O) groups excluding carboxylic acids is 2. The Morgan fingerprint density at radius 2 is 1.89 bits per heavy atom. The molecule has 0 spiro atoms. The number of aromatic nitrogens is 3. The topological polar surface area (TPSA) is 113 Å². The Morgan fingerprint density at radius 3 is 2.44 bits per heavy atom. The number of rotatable bonds is 8. The maximum Gasteiger partial charge on any atom is 0.314 e. The highest BCUT2D eigenvalue weighted by molar-refractivity contribution is 5.79. The quantitative estimate of drug-likeness (QED) is 0.454. The molecule has 0 unspecified atom stereocenters. The Balaban J connectivity index is 0.000000840. The predicted octanol–water partition coefficient (Wildman–Crippen LogP) is 3.17. The van der Waals surface area contributed by atoms with E-state index in [1.54, 1.807) is 13.1 Å². The molecule has 1 saturated heterocycles. The van der Waals surface area contributed by atoms with Crippen molar-refractivity contribution >= 4 is 18.4 Å². The van der Waals surface area contributed by atoms with E-state index in [4.69, 9.17) is 9.21 Å². The van der Waals surface area contributed by atoms with Crippen molar-refractivity contribution in [3.05, 3.63) is 59.2 Å². The number of alkyl halides is 2. The molecule has 3 aromatic rings. The summed E-state index contributed by atoms with van der Waals surface area (Å²) in [5.74, 6) is -0.707. The zero-order valence-electron chi connectivity index (χ0n) is 20.5. The van der Waals surface area contributed by atoms with E-state index in [9.17, 15) is 13.6 Å². The number of piperazine rings is 1. The van der Waals surface area contributed by atoms with E-state index in [1.165, 1.54) is 6.20 Å². The van der Waals surface area contributed by atoms with Crippen LogP contribution in [0.3, 0.4) is 0 Å². The molecule has 1 aromatic carbocycles. The number of nitrogens with zero attached hydrogens (tertiary/aromatic N) is 4. The van der Waals surface area contributed by atoms with Gasteiger partial charge in [-0.3, -0.25) is 14.6 Å². The molecule has 2 N–H and O–H groups in total. The summed E-state index contributed by atoms with van der Waals surface area (Å²) >= 11 is 0. The molecule has 3 heterocycles. The van der Waals surface area contributed by atoms with Crippen LogP contribution in [0.25, 0.3) is 11.5 Å². The maximum atomic E-state index is 12.7. The molecular weight excluding hydrogens is 470 g/mol. The largest absolute Gasteiger partial charge is 0.415 e. The molecule has 4 rings (SSSR count). The predicted molar refractivity (Wildman–Crippen MR) is 131 cm³/mol. The summed E-state index contributed by atoms with van der Waals surface area (Å²) in [6, 6.07) is 9.52. The number of hydrogen-bond donors (Lipinski definition) is 2. The molecule has 1 aliphatic rings. The summed E-state index contributed by atoms with van der Waals surface area (Å²) in [5.41, 5.74) is 3.65. The van der Waals surface area contributed by atoms with Gasteiger partial charge in [0.15, 0.2) is 0 Å². The fraction of sp³-hybridized carbons (Fsp3) is 0.400. The van der Waals surface area contributed by atoms with Crippen LogP contribution in [0.5, 0.6) is 0 Å². The third-order valence-electron chi connectivity index (χ3n) is 5.82. The molecule has 0 atom stereocenters. The van der Waals surface area contributed by atoms with Gasteiger partial charge in [-0.2, -0.15) is 8.78 Å². The van der Waals surface area contributed by atoms with E-state index in [0.29, 0.717) is 24.0 Å². The summed E-state index contributed by atoms with van der Waals surface area (Å²) in [7, 11) is 1.56. The summed E-state index contributed by atoms with van der Waals surface area (Å²) in [5, 5.41) is 12.6. The Hall–Kier alpha value is -3.73. The molecule has 9 nitrogen and oxygen atoms in total. The van der Waals surface area contributed by atoms with E-state index < -0.39 is 12.3 Å². The van der Waals surface area contributed by atoms with Crippen LogP contribution in [0.2, 0.25) is 0 Å². The van der Waals surface area contributed by atoms with Crippen molar-refractivity contribution in [3.63, 3.8) is 0 Å². The summed E-state index contributed by atoms with van der Waals surface area (Å²) in [6.45, 7) is 7.88. The van der Waals surface area contributed by atoms with E-state index >= 15 is 0 Å². The molecule has 1 fully saturated rings. The third kappa shape index (κ3) is 6.69. The maximum absolute atomic E-state index is 12.7. The van der Waals surface area contributed by atoms with Gasteiger partial charge >= 0.3 is 6.43 Å². The van der Waals surface area contributed by atoms with Crippen molar-refractivity contribution in [1.82, 2.24) is 25.8 Å². The number of aldehydes is 1. The van der Waals surface area contributed by atoms with Gasteiger partial charge in [-0.1, -0.05) is 13.8 Å². The van der Waals surface area contributed by atoms with Crippen LogP contribution in [0.4, 0.5) is 14.5 Å². The molecule has 2 aromatic heterocycles. The Kier molecular flexibility index (Phi) is 9.18. The second kappa shape index (κ2) is 12.3. The Labute approximate surface area is 208 Å². The normalized spacial score (nSPS) is 13.7. The first-order valence-electron chi connectivity index (χ1n) is 11.5. The number of hydrogen-bond acceptors (Lipinski definition) is 8. The third-order valence-corrected chi connectivity index (χ3v) is 5.82. The van der Waals surface area contributed by atoms with Crippen molar-refractivity contribution in [2.24, 2.45) is 0 Å². The minimum atomic E-state index is -2.81. The van der Waals surface area contributed by atoms with E-state index in [0.717, 1.165) is 49.4 Å². The first kappa shape index (κ1) is 26.9. The van der Waals surface area contributed by atoms with Crippen LogP contribution in [-0.2, 0) is 16.6 Å². The highest BCUT2D eigenvalue weighted by Crippen LogP contribution is 2.33. The highest BCUT2D eigenvalue weighted by atomic mass is 19.3.